The molecule has 1 aromatic rings. The minimum atomic E-state index is 0.170. The van der Waals surface area contributed by atoms with Crippen LogP contribution in [0.15, 0.2) is 24.3 Å². The van der Waals surface area contributed by atoms with Crippen LogP contribution < -0.4 is 10.6 Å². The summed E-state index contributed by atoms with van der Waals surface area (Å²) in [5.41, 5.74) is 7.39. The number of likely N-dealkylation sites (N-methyl/N-ethyl adjacent to an activating group) is 1. The number of hydrogen-bond donors (Lipinski definition) is 1. The van der Waals surface area contributed by atoms with E-state index in [1.54, 1.807) is 0 Å². The fraction of sp³-hybridized carbons (Fsp3) is 0.571. The summed E-state index contributed by atoms with van der Waals surface area (Å²) in [6.07, 6.45) is 2.22. The first kappa shape index (κ1) is 13.7. The highest BCUT2D eigenvalue weighted by molar-refractivity contribution is 6.30. The summed E-state index contributed by atoms with van der Waals surface area (Å²) in [6.45, 7) is 2.84. The SMILES string of the molecule is CN(C)C1(CN)CCN(c2ccc(Cl)cc2)CC1. The molecule has 1 fully saturated rings. The molecule has 100 valence electrons. The number of anilines is 1. The molecule has 4 heteroatoms. The minimum absolute atomic E-state index is 0.170. The van der Waals surface area contributed by atoms with Crippen LogP contribution in [0.2, 0.25) is 5.02 Å². The topological polar surface area (TPSA) is 32.5 Å². The van der Waals surface area contributed by atoms with Gasteiger partial charge in [0, 0.05) is 35.9 Å². The third-order valence-electron chi connectivity index (χ3n) is 4.21. The number of nitrogens with zero attached hydrogens (tertiary/aromatic N) is 2. The van der Waals surface area contributed by atoms with Crippen LogP contribution in [0.3, 0.4) is 0 Å². The van der Waals surface area contributed by atoms with Crippen molar-refractivity contribution in [1.29, 1.82) is 0 Å². The van der Waals surface area contributed by atoms with Crippen LogP contribution in [0.1, 0.15) is 12.8 Å². The summed E-state index contributed by atoms with van der Waals surface area (Å²) in [5, 5.41) is 0.792. The Bertz CT molecular complexity index is 381. The zero-order valence-electron chi connectivity index (χ0n) is 11.2. The van der Waals surface area contributed by atoms with E-state index >= 15 is 0 Å². The van der Waals surface area contributed by atoms with E-state index in [-0.39, 0.29) is 5.54 Å². The summed E-state index contributed by atoms with van der Waals surface area (Å²) in [4.78, 5) is 4.69. The number of piperidine rings is 1. The van der Waals surface area contributed by atoms with E-state index in [1.807, 2.05) is 12.1 Å². The molecule has 0 aliphatic carbocycles. The fourth-order valence-corrected chi connectivity index (χ4v) is 2.79. The van der Waals surface area contributed by atoms with Crippen molar-refractivity contribution in [3.05, 3.63) is 29.3 Å². The summed E-state index contributed by atoms with van der Waals surface area (Å²) in [5.74, 6) is 0. The van der Waals surface area contributed by atoms with Crippen molar-refractivity contribution in [2.24, 2.45) is 5.73 Å². The molecule has 18 heavy (non-hydrogen) atoms. The molecule has 1 aliphatic heterocycles. The van der Waals surface area contributed by atoms with Crippen molar-refractivity contribution < 1.29 is 0 Å². The average Bonchev–Trinajstić information content (AvgIpc) is 2.39. The molecule has 2 N–H and O–H groups in total. The molecule has 3 nitrogen and oxygen atoms in total. The van der Waals surface area contributed by atoms with Crippen molar-refractivity contribution >= 4 is 17.3 Å². The lowest BCUT2D eigenvalue weighted by molar-refractivity contribution is 0.125. The van der Waals surface area contributed by atoms with E-state index in [1.165, 1.54) is 5.69 Å². The van der Waals surface area contributed by atoms with Crippen LogP contribution in [0.4, 0.5) is 5.69 Å². The molecule has 1 heterocycles. The van der Waals surface area contributed by atoms with Crippen molar-refractivity contribution in [2.75, 3.05) is 38.6 Å². The third-order valence-corrected chi connectivity index (χ3v) is 4.47. The predicted molar refractivity (Wildman–Crippen MR) is 78.4 cm³/mol. The second-order valence-corrected chi connectivity index (χ2v) is 5.72. The average molecular weight is 268 g/mol. The molecule has 0 atom stereocenters. The zero-order chi connectivity index (χ0) is 13.2. The van der Waals surface area contributed by atoms with E-state index in [0.29, 0.717) is 0 Å². The maximum atomic E-state index is 5.97. The van der Waals surface area contributed by atoms with E-state index < -0.39 is 0 Å². The largest absolute Gasteiger partial charge is 0.371 e. The Morgan fingerprint density at radius 2 is 1.78 bits per heavy atom. The van der Waals surface area contributed by atoms with Crippen molar-refractivity contribution in [2.45, 2.75) is 18.4 Å². The Labute approximate surface area is 115 Å². The Hall–Kier alpha value is -0.770. The van der Waals surface area contributed by atoms with Gasteiger partial charge in [-0.2, -0.15) is 0 Å². The Balaban J connectivity index is 2.04. The molecule has 0 unspecified atom stereocenters. The summed E-state index contributed by atoms with van der Waals surface area (Å²) in [7, 11) is 4.26. The standard InChI is InChI=1S/C14H22ClN3/c1-17(2)14(11-16)7-9-18(10-8-14)13-5-3-12(15)4-6-13/h3-6H,7-11,16H2,1-2H3. The quantitative estimate of drug-likeness (QED) is 0.911. The molecule has 0 aromatic heterocycles. The summed E-state index contributed by atoms with van der Waals surface area (Å²) < 4.78 is 0. The van der Waals surface area contributed by atoms with Crippen molar-refractivity contribution in [1.82, 2.24) is 4.90 Å². The van der Waals surface area contributed by atoms with Gasteiger partial charge in [0.2, 0.25) is 0 Å². The fourth-order valence-electron chi connectivity index (χ4n) is 2.67. The number of rotatable bonds is 3. The minimum Gasteiger partial charge on any atom is -0.371 e. The van der Waals surface area contributed by atoms with Crippen LogP contribution >= 0.6 is 11.6 Å². The third kappa shape index (κ3) is 2.63. The maximum Gasteiger partial charge on any atom is 0.0407 e. The number of halogens is 1. The molecular formula is C14H22ClN3. The lowest BCUT2D eigenvalue weighted by atomic mass is 9.86. The molecule has 0 spiro atoms. The highest BCUT2D eigenvalue weighted by atomic mass is 35.5. The van der Waals surface area contributed by atoms with Gasteiger partial charge in [-0.25, -0.2) is 0 Å². The van der Waals surface area contributed by atoms with Gasteiger partial charge in [0.1, 0.15) is 0 Å². The predicted octanol–water partition coefficient (Wildman–Crippen LogP) is 2.20. The first-order chi connectivity index (χ1) is 8.57. The van der Waals surface area contributed by atoms with Gasteiger partial charge in [0.05, 0.1) is 0 Å². The molecule has 0 bridgehead atoms. The van der Waals surface area contributed by atoms with Crippen LogP contribution in [-0.2, 0) is 0 Å². The first-order valence-electron chi connectivity index (χ1n) is 6.45. The van der Waals surface area contributed by atoms with Gasteiger partial charge in [0.25, 0.3) is 0 Å². The molecule has 1 aliphatic rings. The molecular weight excluding hydrogens is 246 g/mol. The van der Waals surface area contributed by atoms with Gasteiger partial charge in [-0.05, 0) is 51.2 Å². The van der Waals surface area contributed by atoms with Crippen molar-refractivity contribution in [3.8, 4) is 0 Å². The zero-order valence-corrected chi connectivity index (χ0v) is 12.0. The monoisotopic (exact) mass is 267 g/mol. The molecule has 0 amide bonds. The van der Waals surface area contributed by atoms with E-state index in [9.17, 15) is 0 Å². The second kappa shape index (κ2) is 5.47. The van der Waals surface area contributed by atoms with Gasteiger partial charge >= 0.3 is 0 Å². The molecule has 1 aromatic carbocycles. The lowest BCUT2D eigenvalue weighted by Crippen LogP contribution is -2.57. The number of benzene rings is 1. The second-order valence-electron chi connectivity index (χ2n) is 5.29. The Morgan fingerprint density at radius 3 is 2.22 bits per heavy atom. The normalized spacial score (nSPS) is 19.3. The van der Waals surface area contributed by atoms with Gasteiger partial charge in [-0.15, -0.1) is 0 Å². The highest BCUT2D eigenvalue weighted by Crippen LogP contribution is 2.29. The van der Waals surface area contributed by atoms with E-state index in [0.717, 1.165) is 37.5 Å². The van der Waals surface area contributed by atoms with Crippen LogP contribution in [-0.4, -0.2) is 44.2 Å². The smallest absolute Gasteiger partial charge is 0.0407 e. The van der Waals surface area contributed by atoms with Crippen LogP contribution in [0.5, 0.6) is 0 Å². The molecule has 1 saturated heterocycles. The molecule has 0 radical (unpaired) electrons. The summed E-state index contributed by atoms with van der Waals surface area (Å²) in [6, 6.07) is 8.09. The summed E-state index contributed by atoms with van der Waals surface area (Å²) >= 11 is 5.92. The number of nitrogens with two attached hydrogens (primary N) is 1. The molecule has 0 saturated carbocycles. The first-order valence-corrected chi connectivity index (χ1v) is 6.83. The number of hydrogen-bond acceptors (Lipinski definition) is 3. The highest BCUT2D eigenvalue weighted by Gasteiger charge is 2.35. The van der Waals surface area contributed by atoms with E-state index in [4.69, 9.17) is 17.3 Å². The Morgan fingerprint density at radius 1 is 1.22 bits per heavy atom. The van der Waals surface area contributed by atoms with Crippen LogP contribution in [0.25, 0.3) is 0 Å². The van der Waals surface area contributed by atoms with Gasteiger partial charge in [0.15, 0.2) is 0 Å². The molecule has 2 rings (SSSR count). The van der Waals surface area contributed by atoms with Gasteiger partial charge in [-0.3, -0.25) is 0 Å². The van der Waals surface area contributed by atoms with Gasteiger partial charge < -0.3 is 15.5 Å². The maximum absolute atomic E-state index is 5.97. The van der Waals surface area contributed by atoms with E-state index in [2.05, 4.69) is 36.0 Å². The van der Waals surface area contributed by atoms with Crippen molar-refractivity contribution in [3.63, 3.8) is 0 Å². The van der Waals surface area contributed by atoms with Crippen LogP contribution in [0, 0.1) is 0 Å². The Kier molecular flexibility index (Phi) is 4.15. The van der Waals surface area contributed by atoms with Gasteiger partial charge in [-0.1, -0.05) is 11.6 Å². The lowest BCUT2D eigenvalue weighted by Gasteiger charge is -2.46.